The summed E-state index contributed by atoms with van der Waals surface area (Å²) < 4.78 is 5.02. The summed E-state index contributed by atoms with van der Waals surface area (Å²) >= 11 is 0. The van der Waals surface area contributed by atoms with Crippen molar-refractivity contribution in [1.82, 2.24) is 25.3 Å². The molecule has 0 spiro atoms. The van der Waals surface area contributed by atoms with Crippen LogP contribution in [-0.4, -0.2) is 51.0 Å². The van der Waals surface area contributed by atoms with E-state index in [1.165, 1.54) is 6.42 Å². The normalized spacial score (nSPS) is 20.1. The van der Waals surface area contributed by atoms with Gasteiger partial charge in [0.2, 0.25) is 5.91 Å². The van der Waals surface area contributed by atoms with Gasteiger partial charge >= 0.3 is 0 Å². The number of rotatable bonds is 6. The molecule has 1 unspecified atom stereocenters. The van der Waals surface area contributed by atoms with Crippen LogP contribution < -0.4 is 10.6 Å². The average Bonchev–Trinajstić information content (AvgIpc) is 3.19. The summed E-state index contributed by atoms with van der Waals surface area (Å²) in [6.07, 6.45) is 10.1. The van der Waals surface area contributed by atoms with E-state index in [2.05, 4.69) is 30.7 Å². The van der Waals surface area contributed by atoms with E-state index in [0.29, 0.717) is 23.0 Å². The minimum atomic E-state index is -0.163. The highest BCUT2D eigenvalue weighted by Crippen LogP contribution is 2.32. The predicted octanol–water partition coefficient (Wildman–Crippen LogP) is 3.31. The van der Waals surface area contributed by atoms with Crippen molar-refractivity contribution in [3.05, 3.63) is 35.1 Å². The lowest BCUT2D eigenvalue weighted by molar-refractivity contribution is -0.118. The molecule has 0 aromatic carbocycles. The molecule has 172 valence electrons. The van der Waals surface area contributed by atoms with Gasteiger partial charge < -0.3 is 15.2 Å². The zero-order chi connectivity index (χ0) is 22.5. The van der Waals surface area contributed by atoms with E-state index in [4.69, 9.17) is 4.52 Å². The Hall–Kier alpha value is -2.81. The van der Waals surface area contributed by atoms with Gasteiger partial charge in [-0.25, -0.2) is 9.97 Å². The first-order chi connectivity index (χ1) is 15.5. The van der Waals surface area contributed by atoms with Gasteiger partial charge in [-0.1, -0.05) is 30.8 Å². The minimum Gasteiger partial charge on any atom is -0.360 e. The molecular weight excluding hydrogens is 408 g/mol. The largest absolute Gasteiger partial charge is 0.360 e. The molecule has 1 aliphatic carbocycles. The monoisotopic (exact) mass is 440 g/mol. The number of nitrogens with zero attached hydrogens (tertiary/aromatic N) is 4. The maximum Gasteiger partial charge on any atom is 0.254 e. The van der Waals surface area contributed by atoms with Crippen molar-refractivity contribution < 1.29 is 14.1 Å². The Kier molecular flexibility index (Phi) is 7.14. The molecule has 2 aromatic rings. The van der Waals surface area contributed by atoms with Gasteiger partial charge in [0.1, 0.15) is 11.6 Å². The van der Waals surface area contributed by atoms with E-state index in [9.17, 15) is 9.59 Å². The van der Waals surface area contributed by atoms with Crippen LogP contribution in [0.3, 0.4) is 0 Å². The van der Waals surface area contributed by atoms with Crippen LogP contribution in [0.5, 0.6) is 0 Å². The summed E-state index contributed by atoms with van der Waals surface area (Å²) in [4.78, 5) is 36.9. The number of likely N-dealkylation sites (tertiary alicyclic amines) is 1. The van der Waals surface area contributed by atoms with Crippen LogP contribution in [-0.2, 0) is 4.79 Å². The van der Waals surface area contributed by atoms with Gasteiger partial charge in [-0.15, -0.1) is 0 Å². The number of hydrogen-bond acceptors (Lipinski definition) is 7. The number of anilines is 1. The second-order valence-corrected chi connectivity index (χ2v) is 8.88. The fourth-order valence-corrected chi connectivity index (χ4v) is 4.71. The molecule has 1 atom stereocenters. The highest BCUT2D eigenvalue weighted by Gasteiger charge is 2.31. The summed E-state index contributed by atoms with van der Waals surface area (Å²) in [7, 11) is 0. The van der Waals surface area contributed by atoms with Crippen molar-refractivity contribution in [3.8, 4) is 0 Å². The molecule has 4 rings (SSSR count). The Morgan fingerprint density at radius 2 is 1.91 bits per heavy atom. The third kappa shape index (κ3) is 5.51. The molecular formula is C23H32N6O3. The van der Waals surface area contributed by atoms with Crippen LogP contribution >= 0.6 is 0 Å². The zero-order valence-corrected chi connectivity index (χ0v) is 18.9. The molecule has 0 radical (unpaired) electrons. The van der Waals surface area contributed by atoms with E-state index in [1.54, 1.807) is 19.2 Å². The second kappa shape index (κ2) is 10.2. The summed E-state index contributed by atoms with van der Waals surface area (Å²) in [6, 6.07) is 1.79. The highest BCUT2D eigenvalue weighted by molar-refractivity contribution is 5.95. The first-order valence-corrected chi connectivity index (χ1v) is 11.6. The van der Waals surface area contributed by atoms with Crippen LogP contribution in [0.15, 0.2) is 16.8 Å². The Balaban J connectivity index is 1.51. The Labute approximate surface area is 188 Å². The summed E-state index contributed by atoms with van der Waals surface area (Å²) in [5.74, 6) is 1.40. The summed E-state index contributed by atoms with van der Waals surface area (Å²) in [5, 5.41) is 9.81. The molecule has 0 bridgehead atoms. The first kappa shape index (κ1) is 22.4. The van der Waals surface area contributed by atoms with Crippen LogP contribution in [0.2, 0.25) is 0 Å². The molecule has 1 saturated carbocycles. The van der Waals surface area contributed by atoms with Crippen LogP contribution in [0.4, 0.5) is 5.82 Å². The fourth-order valence-electron chi connectivity index (χ4n) is 4.71. The van der Waals surface area contributed by atoms with Crippen LogP contribution in [0.1, 0.15) is 85.0 Å². The smallest absolute Gasteiger partial charge is 0.254 e. The van der Waals surface area contributed by atoms with Crippen molar-refractivity contribution >= 4 is 17.6 Å². The van der Waals surface area contributed by atoms with Crippen molar-refractivity contribution in [2.75, 3.05) is 18.4 Å². The predicted molar refractivity (Wildman–Crippen MR) is 119 cm³/mol. The number of carbonyl (C=O) groups is 2. The van der Waals surface area contributed by atoms with Crippen molar-refractivity contribution in [2.24, 2.45) is 0 Å². The standard InChI is InChI=1S/C23H32N6O3/c1-15-12-20(28-32-15)27-21(30)14-29-11-7-6-10-19(29)22-18(13-24-16(2)25-22)23(31)26-17-8-4-3-5-9-17/h12-13,17,19H,3-11,14H2,1-2H3,(H,26,31)(H,27,28,30). The third-order valence-electron chi connectivity index (χ3n) is 6.30. The number of aryl methyl sites for hydroxylation is 2. The Bertz CT molecular complexity index is 953. The lowest BCUT2D eigenvalue weighted by Gasteiger charge is -2.35. The molecule has 2 N–H and O–H groups in total. The Morgan fingerprint density at radius 3 is 2.66 bits per heavy atom. The van der Waals surface area contributed by atoms with Gasteiger partial charge in [-0.2, -0.15) is 0 Å². The highest BCUT2D eigenvalue weighted by atomic mass is 16.5. The first-order valence-electron chi connectivity index (χ1n) is 11.6. The van der Waals surface area contributed by atoms with E-state index in [1.807, 2.05) is 6.92 Å². The lowest BCUT2D eigenvalue weighted by atomic mass is 9.94. The maximum absolute atomic E-state index is 13.2. The molecule has 9 heteroatoms. The molecule has 1 aliphatic heterocycles. The maximum atomic E-state index is 13.2. The summed E-state index contributed by atoms with van der Waals surface area (Å²) in [5.41, 5.74) is 1.24. The average molecular weight is 441 g/mol. The zero-order valence-electron chi connectivity index (χ0n) is 18.9. The quantitative estimate of drug-likeness (QED) is 0.708. The van der Waals surface area contributed by atoms with Crippen LogP contribution in [0, 0.1) is 13.8 Å². The van der Waals surface area contributed by atoms with Gasteiger partial charge in [-0.3, -0.25) is 14.5 Å². The number of amides is 2. The van der Waals surface area contributed by atoms with Gasteiger partial charge in [0.15, 0.2) is 5.82 Å². The third-order valence-corrected chi connectivity index (χ3v) is 6.30. The molecule has 2 amide bonds. The minimum absolute atomic E-state index is 0.109. The number of aromatic nitrogens is 3. The number of piperidine rings is 1. The number of nitrogens with one attached hydrogen (secondary N) is 2. The SMILES string of the molecule is Cc1ncc(C(=O)NC2CCCCC2)c(C2CCCCN2CC(=O)Nc2cc(C)on2)n1. The topological polar surface area (TPSA) is 113 Å². The van der Waals surface area contributed by atoms with E-state index < -0.39 is 0 Å². The molecule has 3 heterocycles. The van der Waals surface area contributed by atoms with E-state index >= 15 is 0 Å². The Morgan fingerprint density at radius 1 is 1.12 bits per heavy atom. The van der Waals surface area contributed by atoms with E-state index in [0.717, 1.165) is 57.2 Å². The molecule has 9 nitrogen and oxygen atoms in total. The number of carbonyl (C=O) groups excluding carboxylic acids is 2. The lowest BCUT2D eigenvalue weighted by Crippen LogP contribution is -2.41. The van der Waals surface area contributed by atoms with Crippen molar-refractivity contribution in [2.45, 2.75) is 77.3 Å². The molecule has 2 aromatic heterocycles. The molecule has 32 heavy (non-hydrogen) atoms. The van der Waals surface area contributed by atoms with Gasteiger partial charge in [0.05, 0.1) is 23.8 Å². The number of hydrogen-bond donors (Lipinski definition) is 2. The van der Waals surface area contributed by atoms with E-state index in [-0.39, 0.29) is 30.4 Å². The fraction of sp³-hybridized carbons (Fsp3) is 0.609. The van der Waals surface area contributed by atoms with Crippen molar-refractivity contribution in [1.29, 1.82) is 0 Å². The molecule has 1 saturated heterocycles. The second-order valence-electron chi connectivity index (χ2n) is 8.88. The van der Waals surface area contributed by atoms with Gasteiger partial charge in [0, 0.05) is 18.3 Å². The van der Waals surface area contributed by atoms with Gasteiger partial charge in [-0.05, 0) is 46.1 Å². The summed E-state index contributed by atoms with van der Waals surface area (Å²) in [6.45, 7) is 4.58. The van der Waals surface area contributed by atoms with Gasteiger partial charge in [0.25, 0.3) is 5.91 Å². The molecule has 2 aliphatic rings. The van der Waals surface area contributed by atoms with Crippen molar-refractivity contribution in [3.63, 3.8) is 0 Å². The van der Waals surface area contributed by atoms with Crippen LogP contribution in [0.25, 0.3) is 0 Å². The molecule has 2 fully saturated rings.